The molecular formula is C21H31ClN2O2. The molecule has 1 aromatic carbocycles. The van der Waals surface area contributed by atoms with Gasteiger partial charge in [-0.3, -0.25) is 0 Å². The highest BCUT2D eigenvalue weighted by Crippen LogP contribution is 2.30. The van der Waals surface area contributed by atoms with Crippen LogP contribution in [0.3, 0.4) is 0 Å². The van der Waals surface area contributed by atoms with Gasteiger partial charge in [0.1, 0.15) is 5.75 Å². The normalized spacial score (nSPS) is 24.2. The fourth-order valence-electron chi connectivity index (χ4n) is 4.25. The van der Waals surface area contributed by atoms with E-state index in [0.717, 1.165) is 12.5 Å². The van der Waals surface area contributed by atoms with E-state index in [-0.39, 0.29) is 6.09 Å². The number of amides is 1. The molecule has 26 heavy (non-hydrogen) atoms. The summed E-state index contributed by atoms with van der Waals surface area (Å²) in [6, 6.07) is 6.90. The Hall–Kier alpha value is -1.26. The lowest BCUT2D eigenvalue weighted by atomic mass is 9.81. The first-order valence-corrected chi connectivity index (χ1v) is 10.4. The number of benzene rings is 1. The average Bonchev–Trinajstić information content (AvgIpc) is 2.66. The van der Waals surface area contributed by atoms with E-state index in [1.807, 2.05) is 7.05 Å². The predicted octanol–water partition coefficient (Wildman–Crippen LogP) is 5.06. The van der Waals surface area contributed by atoms with Gasteiger partial charge >= 0.3 is 6.09 Å². The van der Waals surface area contributed by atoms with E-state index in [1.54, 1.807) is 29.2 Å². The minimum atomic E-state index is -0.289. The van der Waals surface area contributed by atoms with Crippen molar-refractivity contribution < 1.29 is 9.53 Å². The van der Waals surface area contributed by atoms with E-state index < -0.39 is 0 Å². The van der Waals surface area contributed by atoms with E-state index in [0.29, 0.717) is 16.7 Å². The highest BCUT2D eigenvalue weighted by molar-refractivity contribution is 6.30. The summed E-state index contributed by atoms with van der Waals surface area (Å²) in [4.78, 5) is 16.6. The van der Waals surface area contributed by atoms with Crippen LogP contribution < -0.4 is 4.74 Å². The number of piperidine rings is 1. The largest absolute Gasteiger partial charge is 0.414 e. The summed E-state index contributed by atoms with van der Waals surface area (Å²) in [5.74, 6) is 1.97. The van der Waals surface area contributed by atoms with Crippen molar-refractivity contribution in [1.29, 1.82) is 0 Å². The number of hydrogen-bond acceptors (Lipinski definition) is 3. The summed E-state index contributed by atoms with van der Waals surface area (Å²) < 4.78 is 5.42. The van der Waals surface area contributed by atoms with Gasteiger partial charge in [0, 0.05) is 25.2 Å². The Morgan fingerprint density at radius 1 is 1.08 bits per heavy atom. The third-order valence-electron chi connectivity index (χ3n) is 5.79. The lowest BCUT2D eigenvalue weighted by Crippen LogP contribution is -2.38. The first-order valence-electron chi connectivity index (χ1n) is 10.0. The maximum atomic E-state index is 12.3. The number of carbonyl (C=O) groups is 1. The van der Waals surface area contributed by atoms with Gasteiger partial charge in [-0.25, -0.2) is 4.79 Å². The molecule has 0 N–H and O–H groups in total. The lowest BCUT2D eigenvalue weighted by Gasteiger charge is -2.35. The monoisotopic (exact) mass is 378 g/mol. The van der Waals surface area contributed by atoms with Gasteiger partial charge in [0.05, 0.1) is 0 Å². The summed E-state index contributed by atoms with van der Waals surface area (Å²) in [5, 5.41) is 0.638. The topological polar surface area (TPSA) is 32.8 Å². The maximum absolute atomic E-state index is 12.3. The molecule has 1 amide bonds. The van der Waals surface area contributed by atoms with Gasteiger partial charge in [0.15, 0.2) is 0 Å². The lowest BCUT2D eigenvalue weighted by molar-refractivity contribution is 0.132. The summed E-state index contributed by atoms with van der Waals surface area (Å²) in [6.07, 6.45) is 8.88. The van der Waals surface area contributed by atoms with Crippen molar-refractivity contribution in [3.63, 3.8) is 0 Å². The molecular weight excluding hydrogens is 348 g/mol. The smallest absolute Gasteiger partial charge is 0.410 e. The second-order valence-corrected chi connectivity index (χ2v) is 8.39. The molecule has 2 aliphatic rings. The minimum Gasteiger partial charge on any atom is -0.410 e. The third kappa shape index (κ3) is 5.88. The average molecular weight is 379 g/mol. The van der Waals surface area contributed by atoms with E-state index in [9.17, 15) is 4.79 Å². The van der Waals surface area contributed by atoms with Crippen molar-refractivity contribution in [2.45, 2.75) is 44.9 Å². The number of halogens is 1. The van der Waals surface area contributed by atoms with E-state index in [4.69, 9.17) is 16.3 Å². The van der Waals surface area contributed by atoms with Crippen molar-refractivity contribution in [2.24, 2.45) is 11.8 Å². The Kier molecular flexibility index (Phi) is 7.21. The van der Waals surface area contributed by atoms with Gasteiger partial charge in [-0.2, -0.15) is 0 Å². The van der Waals surface area contributed by atoms with Crippen LogP contribution in [0.15, 0.2) is 24.3 Å². The van der Waals surface area contributed by atoms with Crippen molar-refractivity contribution in [3.8, 4) is 5.75 Å². The SMILES string of the molecule is CN(CC1CCC(CN2CCCCC2)CC1)C(=O)Oc1ccc(Cl)cc1. The molecule has 1 heterocycles. The zero-order valence-electron chi connectivity index (χ0n) is 15.8. The summed E-state index contributed by atoms with van der Waals surface area (Å²) in [7, 11) is 1.83. The van der Waals surface area contributed by atoms with Crippen LogP contribution in [0.2, 0.25) is 5.02 Å². The number of likely N-dealkylation sites (tertiary alicyclic amines) is 1. The number of carbonyl (C=O) groups excluding carboxylic acids is 1. The molecule has 1 aliphatic heterocycles. The van der Waals surface area contributed by atoms with E-state index in [1.165, 1.54) is 64.6 Å². The van der Waals surface area contributed by atoms with Crippen LogP contribution in [0.1, 0.15) is 44.9 Å². The van der Waals surface area contributed by atoms with E-state index >= 15 is 0 Å². The molecule has 1 aromatic rings. The fraction of sp³-hybridized carbons (Fsp3) is 0.667. The Morgan fingerprint density at radius 2 is 1.69 bits per heavy atom. The molecule has 1 saturated heterocycles. The molecule has 1 aliphatic carbocycles. The fourth-order valence-corrected chi connectivity index (χ4v) is 4.37. The van der Waals surface area contributed by atoms with Crippen LogP contribution in [-0.2, 0) is 0 Å². The first kappa shape index (κ1) is 19.5. The highest BCUT2D eigenvalue weighted by atomic mass is 35.5. The Bertz CT molecular complexity index is 564. The van der Waals surface area contributed by atoms with Crippen LogP contribution in [0.25, 0.3) is 0 Å². The molecule has 0 unspecified atom stereocenters. The van der Waals surface area contributed by atoms with Gasteiger partial charge < -0.3 is 14.5 Å². The number of nitrogens with zero attached hydrogens (tertiary/aromatic N) is 2. The molecule has 2 fully saturated rings. The molecule has 1 saturated carbocycles. The predicted molar refractivity (Wildman–Crippen MR) is 106 cm³/mol. The van der Waals surface area contributed by atoms with Gasteiger partial charge in [-0.1, -0.05) is 18.0 Å². The molecule has 144 valence electrons. The summed E-state index contributed by atoms with van der Waals surface area (Å²) >= 11 is 5.86. The Morgan fingerprint density at radius 3 is 2.35 bits per heavy atom. The first-order chi connectivity index (χ1) is 12.6. The van der Waals surface area contributed by atoms with Crippen molar-refractivity contribution in [2.75, 3.05) is 33.2 Å². The van der Waals surface area contributed by atoms with Crippen LogP contribution in [0.4, 0.5) is 4.79 Å². The molecule has 0 aromatic heterocycles. The molecule has 0 atom stereocenters. The zero-order valence-corrected chi connectivity index (χ0v) is 16.6. The Labute approximate surface area is 162 Å². The number of ether oxygens (including phenoxy) is 1. The van der Waals surface area contributed by atoms with Crippen molar-refractivity contribution in [1.82, 2.24) is 9.80 Å². The molecule has 0 bridgehead atoms. The quantitative estimate of drug-likeness (QED) is 0.717. The molecule has 3 rings (SSSR count). The van der Waals surface area contributed by atoms with Crippen LogP contribution in [0.5, 0.6) is 5.75 Å². The number of hydrogen-bond donors (Lipinski definition) is 0. The van der Waals surface area contributed by atoms with Crippen molar-refractivity contribution in [3.05, 3.63) is 29.3 Å². The molecule has 4 nitrogen and oxygen atoms in total. The minimum absolute atomic E-state index is 0.289. The van der Waals surface area contributed by atoms with Gasteiger partial charge in [-0.15, -0.1) is 0 Å². The second kappa shape index (κ2) is 9.61. The van der Waals surface area contributed by atoms with Crippen LogP contribution in [0, 0.1) is 11.8 Å². The Balaban J connectivity index is 1.37. The van der Waals surface area contributed by atoms with Gasteiger partial charge in [0.25, 0.3) is 0 Å². The zero-order chi connectivity index (χ0) is 18.4. The molecule has 0 radical (unpaired) electrons. The highest BCUT2D eigenvalue weighted by Gasteiger charge is 2.25. The third-order valence-corrected chi connectivity index (χ3v) is 6.05. The molecule has 0 spiro atoms. The molecule has 5 heteroatoms. The number of rotatable bonds is 5. The standard InChI is InChI=1S/C21H31ClN2O2/c1-23(21(25)26-20-11-9-19(22)10-12-20)15-17-5-7-18(8-6-17)16-24-13-3-2-4-14-24/h9-12,17-18H,2-8,13-16H2,1H3. The van der Waals surface area contributed by atoms with E-state index in [2.05, 4.69) is 4.90 Å². The van der Waals surface area contributed by atoms with Gasteiger partial charge in [0.2, 0.25) is 0 Å². The second-order valence-electron chi connectivity index (χ2n) is 7.95. The summed E-state index contributed by atoms with van der Waals surface area (Å²) in [5.41, 5.74) is 0. The summed E-state index contributed by atoms with van der Waals surface area (Å²) in [6.45, 7) is 4.64. The van der Waals surface area contributed by atoms with Crippen LogP contribution in [-0.4, -0.2) is 49.1 Å². The van der Waals surface area contributed by atoms with Crippen LogP contribution >= 0.6 is 11.6 Å². The maximum Gasteiger partial charge on any atom is 0.414 e. The van der Waals surface area contributed by atoms with Crippen molar-refractivity contribution >= 4 is 17.7 Å². The van der Waals surface area contributed by atoms with Gasteiger partial charge in [-0.05, 0) is 87.7 Å².